The molecule has 35 heavy (non-hydrogen) atoms. The lowest BCUT2D eigenvalue weighted by Crippen LogP contribution is -2.47. The molecule has 0 radical (unpaired) electrons. The van der Waals surface area contributed by atoms with Crippen molar-refractivity contribution in [2.24, 2.45) is 11.6 Å². The third kappa shape index (κ3) is 5.77. The first-order chi connectivity index (χ1) is 16.9. The van der Waals surface area contributed by atoms with E-state index in [2.05, 4.69) is 20.6 Å². The number of nitrogens with one attached hydrogen (secondary N) is 2. The van der Waals surface area contributed by atoms with Crippen LogP contribution in [0, 0.1) is 6.92 Å². The third-order valence-electron chi connectivity index (χ3n) is 6.97. The van der Waals surface area contributed by atoms with Crippen LogP contribution in [0.3, 0.4) is 0 Å². The van der Waals surface area contributed by atoms with Crippen LogP contribution in [0.1, 0.15) is 43.4 Å². The predicted octanol–water partition coefficient (Wildman–Crippen LogP) is 2.40. The number of nitrogens with zero attached hydrogens (tertiary/aromatic N) is 4. The number of benzene rings is 1. The highest BCUT2D eigenvalue weighted by Crippen LogP contribution is 2.29. The van der Waals surface area contributed by atoms with Gasteiger partial charge >= 0.3 is 6.03 Å². The van der Waals surface area contributed by atoms with E-state index in [0.29, 0.717) is 23.3 Å². The van der Waals surface area contributed by atoms with Crippen LogP contribution in [-0.4, -0.2) is 71.2 Å². The van der Waals surface area contributed by atoms with Crippen molar-refractivity contribution in [3.63, 3.8) is 0 Å². The molecule has 190 valence electrons. The van der Waals surface area contributed by atoms with Gasteiger partial charge in [0, 0.05) is 51.1 Å². The summed E-state index contributed by atoms with van der Waals surface area (Å²) in [5.74, 6) is 6.31. The van der Waals surface area contributed by atoms with Gasteiger partial charge in [-0.25, -0.2) is 15.3 Å². The Labute approximate surface area is 207 Å². The van der Waals surface area contributed by atoms with Crippen molar-refractivity contribution in [3.05, 3.63) is 47.8 Å². The smallest absolute Gasteiger partial charge is 0.320 e. The molecule has 10 heteroatoms. The molecule has 3 atom stereocenters. The van der Waals surface area contributed by atoms with E-state index in [9.17, 15) is 4.79 Å². The Kier molecular flexibility index (Phi) is 7.94. The van der Waals surface area contributed by atoms with E-state index in [0.717, 1.165) is 43.6 Å². The highest BCUT2D eigenvalue weighted by Gasteiger charge is 2.35. The number of hydrazine groups is 1. The number of amides is 2. The second kappa shape index (κ2) is 11.1. The molecule has 1 aromatic heterocycles. The van der Waals surface area contributed by atoms with Gasteiger partial charge < -0.3 is 20.8 Å². The lowest BCUT2D eigenvalue weighted by molar-refractivity contribution is -0.00332. The molecule has 10 nitrogen and oxygen atoms in total. The molecular weight excluding hydrogens is 444 g/mol. The van der Waals surface area contributed by atoms with Gasteiger partial charge in [-0.1, -0.05) is 31.0 Å². The second-order valence-electron chi connectivity index (χ2n) is 9.52. The van der Waals surface area contributed by atoms with Gasteiger partial charge in [-0.3, -0.25) is 10.2 Å². The molecule has 1 aliphatic heterocycles. The van der Waals surface area contributed by atoms with Crippen molar-refractivity contribution in [1.29, 1.82) is 0 Å². The first kappa shape index (κ1) is 25.0. The SMILES string of the molecule is COC1CCCCC1N1CC[C@H](NC(=O)Nc2c(C)c(/C(N)=C/N(C)N)nn2-c2ccccc2)C1. The molecule has 2 aliphatic rings. The lowest BCUT2D eigenvalue weighted by atomic mass is 9.91. The summed E-state index contributed by atoms with van der Waals surface area (Å²) in [5.41, 5.74) is 8.81. The average molecular weight is 483 g/mol. The number of para-hydroxylation sites is 1. The molecule has 0 spiro atoms. The number of urea groups is 1. The molecule has 2 heterocycles. The van der Waals surface area contributed by atoms with Gasteiger partial charge in [-0.15, -0.1) is 0 Å². The number of hydrogen-bond donors (Lipinski definition) is 4. The number of carbonyl (C=O) groups excluding carboxylic acids is 1. The molecule has 2 fully saturated rings. The molecule has 1 saturated heterocycles. The van der Waals surface area contributed by atoms with E-state index in [-0.39, 0.29) is 18.2 Å². The van der Waals surface area contributed by atoms with E-state index >= 15 is 0 Å². The number of anilines is 1. The number of carbonyl (C=O) groups is 1. The number of aromatic nitrogens is 2. The van der Waals surface area contributed by atoms with E-state index < -0.39 is 0 Å². The molecule has 0 bridgehead atoms. The molecule has 4 rings (SSSR count). The van der Waals surface area contributed by atoms with Gasteiger partial charge in [0.1, 0.15) is 11.5 Å². The first-order valence-corrected chi connectivity index (χ1v) is 12.3. The molecule has 1 saturated carbocycles. The minimum absolute atomic E-state index is 0.0816. The fraction of sp³-hybridized carbons (Fsp3) is 0.520. The van der Waals surface area contributed by atoms with Gasteiger partial charge in [-0.2, -0.15) is 5.10 Å². The highest BCUT2D eigenvalue weighted by molar-refractivity contribution is 5.90. The average Bonchev–Trinajstić information content (AvgIpc) is 3.44. The van der Waals surface area contributed by atoms with Gasteiger partial charge in [0.15, 0.2) is 0 Å². The standard InChI is InChI=1S/C25H38N8O2/c1-17-23(20(26)16-31(2)27)30-33(19-9-5-4-6-10-19)24(17)29-25(34)28-18-13-14-32(15-18)21-11-7-8-12-22(21)35-3/h4-6,9-10,16,18,21-22H,7-8,11-15,26-27H2,1-3H3,(H2,28,29,34)/b20-16-/t18-,21?,22?/m0/s1. The van der Waals surface area contributed by atoms with E-state index in [1.807, 2.05) is 44.4 Å². The molecule has 2 unspecified atom stereocenters. The van der Waals surface area contributed by atoms with Crippen molar-refractivity contribution in [2.75, 3.05) is 32.6 Å². The Morgan fingerprint density at radius 3 is 2.69 bits per heavy atom. The van der Waals surface area contributed by atoms with Crippen molar-refractivity contribution in [1.82, 2.24) is 25.0 Å². The minimum Gasteiger partial charge on any atom is -0.396 e. The Bertz CT molecular complexity index is 1040. The fourth-order valence-corrected chi connectivity index (χ4v) is 5.26. The summed E-state index contributed by atoms with van der Waals surface area (Å²) in [7, 11) is 3.50. The zero-order chi connectivity index (χ0) is 24.9. The summed E-state index contributed by atoms with van der Waals surface area (Å²) in [6.07, 6.45) is 7.53. The van der Waals surface area contributed by atoms with E-state index in [1.165, 1.54) is 17.9 Å². The number of hydrogen-bond acceptors (Lipinski definition) is 7. The van der Waals surface area contributed by atoms with Crippen molar-refractivity contribution in [3.8, 4) is 5.69 Å². The summed E-state index contributed by atoms with van der Waals surface area (Å²) >= 11 is 0. The zero-order valence-corrected chi connectivity index (χ0v) is 20.9. The number of likely N-dealkylation sites (tertiary alicyclic amines) is 1. The van der Waals surface area contributed by atoms with Crippen LogP contribution in [0.5, 0.6) is 0 Å². The van der Waals surface area contributed by atoms with E-state index in [1.54, 1.807) is 17.9 Å². The third-order valence-corrected chi connectivity index (χ3v) is 6.97. The van der Waals surface area contributed by atoms with Crippen molar-refractivity contribution in [2.45, 2.75) is 57.2 Å². The Morgan fingerprint density at radius 1 is 1.23 bits per heavy atom. The molecule has 2 aromatic rings. The fourth-order valence-electron chi connectivity index (χ4n) is 5.26. The summed E-state index contributed by atoms with van der Waals surface area (Å²) in [4.78, 5) is 15.6. The van der Waals surface area contributed by atoms with Crippen LogP contribution >= 0.6 is 0 Å². The van der Waals surface area contributed by atoms with Crippen LogP contribution < -0.4 is 22.2 Å². The number of rotatable bonds is 7. The minimum atomic E-state index is -0.256. The number of methoxy groups -OCH3 is 1. The van der Waals surface area contributed by atoms with Crippen molar-refractivity contribution < 1.29 is 9.53 Å². The van der Waals surface area contributed by atoms with Gasteiger partial charge in [0.05, 0.1) is 17.5 Å². The first-order valence-electron chi connectivity index (χ1n) is 12.3. The van der Waals surface area contributed by atoms with Gasteiger partial charge in [0.2, 0.25) is 0 Å². The maximum atomic E-state index is 13.1. The van der Waals surface area contributed by atoms with Crippen LogP contribution in [0.4, 0.5) is 10.6 Å². The summed E-state index contributed by atoms with van der Waals surface area (Å²) < 4.78 is 7.45. The largest absolute Gasteiger partial charge is 0.396 e. The molecule has 6 N–H and O–H groups in total. The second-order valence-corrected chi connectivity index (χ2v) is 9.52. The van der Waals surface area contributed by atoms with E-state index in [4.69, 9.17) is 16.3 Å². The quantitative estimate of drug-likeness (QED) is 0.353. The Hall–Kier alpha value is -3.08. The Balaban J connectivity index is 1.48. The predicted molar refractivity (Wildman–Crippen MR) is 138 cm³/mol. The summed E-state index contributed by atoms with van der Waals surface area (Å²) in [5, 5.41) is 12.2. The molecule has 1 aromatic carbocycles. The normalized spacial score (nSPS) is 23.3. The lowest BCUT2D eigenvalue weighted by Gasteiger charge is -2.37. The van der Waals surface area contributed by atoms with Crippen LogP contribution in [0.15, 0.2) is 36.5 Å². The van der Waals surface area contributed by atoms with Gasteiger partial charge in [0.25, 0.3) is 0 Å². The zero-order valence-electron chi connectivity index (χ0n) is 20.9. The maximum Gasteiger partial charge on any atom is 0.320 e. The van der Waals surface area contributed by atoms with Crippen molar-refractivity contribution >= 4 is 17.5 Å². The molecule has 1 aliphatic carbocycles. The van der Waals surface area contributed by atoms with Crippen LogP contribution in [-0.2, 0) is 4.74 Å². The summed E-state index contributed by atoms with van der Waals surface area (Å²) in [6, 6.07) is 9.90. The Morgan fingerprint density at radius 2 is 1.97 bits per heavy atom. The summed E-state index contributed by atoms with van der Waals surface area (Å²) in [6.45, 7) is 3.69. The van der Waals surface area contributed by atoms with Gasteiger partial charge in [-0.05, 0) is 38.3 Å². The molecule has 2 amide bonds. The maximum absolute atomic E-state index is 13.1. The number of nitrogens with two attached hydrogens (primary N) is 2. The topological polar surface area (TPSA) is 127 Å². The number of ether oxygens (including phenoxy) is 1. The highest BCUT2D eigenvalue weighted by atomic mass is 16.5. The molecular formula is C25H38N8O2. The van der Waals surface area contributed by atoms with Crippen LogP contribution in [0.2, 0.25) is 0 Å². The monoisotopic (exact) mass is 482 g/mol. The van der Waals surface area contributed by atoms with Crippen LogP contribution in [0.25, 0.3) is 11.4 Å².